The first kappa shape index (κ1) is 29.5. The summed E-state index contributed by atoms with van der Waals surface area (Å²) in [6, 6.07) is 18.0. The number of ether oxygens (including phenoxy) is 2. The minimum Gasteiger partial charge on any atom is -0.462 e. The Bertz CT molecular complexity index is 1570. The molecule has 1 aliphatic rings. The van der Waals surface area contributed by atoms with Crippen molar-refractivity contribution in [3.05, 3.63) is 101 Å². The van der Waals surface area contributed by atoms with Gasteiger partial charge in [0.2, 0.25) is 0 Å². The molecule has 4 rings (SSSR count). The van der Waals surface area contributed by atoms with Gasteiger partial charge in [0.1, 0.15) is 11.5 Å². The van der Waals surface area contributed by atoms with Gasteiger partial charge in [-0.05, 0) is 75.4 Å². The zero-order chi connectivity index (χ0) is 30.2. The van der Waals surface area contributed by atoms with E-state index in [1.807, 2.05) is 6.07 Å². The van der Waals surface area contributed by atoms with E-state index in [0.29, 0.717) is 28.4 Å². The summed E-state index contributed by atoms with van der Waals surface area (Å²) in [5.41, 5.74) is 1.89. The van der Waals surface area contributed by atoms with Gasteiger partial charge in [-0.3, -0.25) is 19.3 Å². The molecule has 42 heavy (non-hydrogen) atoms. The predicted molar refractivity (Wildman–Crippen MR) is 153 cm³/mol. The number of amides is 3. The Labute approximate surface area is 241 Å². The number of benzene rings is 2. The van der Waals surface area contributed by atoms with E-state index >= 15 is 0 Å². The molecule has 2 heterocycles. The zero-order valence-corrected chi connectivity index (χ0v) is 23.3. The number of carbonyl (C=O) groups is 5. The molecule has 3 aromatic rings. The van der Waals surface area contributed by atoms with E-state index in [0.717, 1.165) is 0 Å². The molecule has 0 bridgehead atoms. The van der Waals surface area contributed by atoms with Gasteiger partial charge in [0.15, 0.2) is 0 Å². The molecule has 0 unspecified atom stereocenters. The lowest BCUT2D eigenvalue weighted by Crippen LogP contribution is -2.34. The van der Waals surface area contributed by atoms with Crippen molar-refractivity contribution in [2.45, 2.75) is 27.3 Å². The number of carbonyl (C=O) groups excluding carboxylic acids is 5. The quantitative estimate of drug-likeness (QED) is 0.223. The van der Waals surface area contributed by atoms with Crippen LogP contribution in [0.25, 0.3) is 6.08 Å². The Morgan fingerprint density at radius 1 is 0.857 bits per heavy atom. The van der Waals surface area contributed by atoms with Crippen molar-refractivity contribution < 1.29 is 37.9 Å². The van der Waals surface area contributed by atoms with Crippen molar-refractivity contribution in [1.82, 2.24) is 5.32 Å². The van der Waals surface area contributed by atoms with Crippen LogP contribution < -0.4 is 15.5 Å². The Balaban J connectivity index is 1.42. The fourth-order valence-corrected chi connectivity index (χ4v) is 4.22. The summed E-state index contributed by atoms with van der Waals surface area (Å²) in [6.07, 6.45) is 1.44. The second kappa shape index (κ2) is 13.3. The summed E-state index contributed by atoms with van der Waals surface area (Å²) in [6.45, 7) is 5.31. The number of hydrogen-bond acceptors (Lipinski definition) is 8. The van der Waals surface area contributed by atoms with Crippen molar-refractivity contribution in [3.8, 4) is 0 Å². The number of rotatable bonds is 9. The average molecular weight is 572 g/mol. The van der Waals surface area contributed by atoms with Gasteiger partial charge in [-0.15, -0.1) is 0 Å². The Morgan fingerprint density at radius 3 is 2.19 bits per heavy atom. The van der Waals surface area contributed by atoms with Gasteiger partial charge < -0.3 is 24.5 Å². The van der Waals surface area contributed by atoms with Gasteiger partial charge >= 0.3 is 23.8 Å². The molecule has 1 aromatic heterocycles. The minimum atomic E-state index is -0.912. The van der Waals surface area contributed by atoms with Crippen LogP contribution in [0.3, 0.4) is 0 Å². The lowest BCUT2D eigenvalue weighted by Gasteiger charge is -2.17. The van der Waals surface area contributed by atoms with Crippen LogP contribution in [0.15, 0.2) is 88.0 Å². The normalized spacial score (nSPS) is 13.7. The smallest absolute Gasteiger partial charge is 0.340 e. The molecule has 0 saturated carbocycles. The highest BCUT2D eigenvalue weighted by atomic mass is 16.5. The summed E-state index contributed by atoms with van der Waals surface area (Å²) in [7, 11) is 0. The topological polar surface area (TPSA) is 144 Å². The lowest BCUT2D eigenvalue weighted by atomic mass is 10.1. The Hall–Kier alpha value is -5.45. The highest BCUT2D eigenvalue weighted by molar-refractivity contribution is 6.39. The molecule has 11 heteroatoms. The van der Waals surface area contributed by atoms with E-state index in [4.69, 9.17) is 13.9 Å². The van der Waals surface area contributed by atoms with Crippen LogP contribution in [0.4, 0.5) is 11.4 Å². The second-order valence-corrected chi connectivity index (χ2v) is 8.95. The van der Waals surface area contributed by atoms with Gasteiger partial charge in [-0.25, -0.2) is 9.59 Å². The molecule has 216 valence electrons. The molecule has 11 nitrogen and oxygen atoms in total. The highest BCUT2D eigenvalue weighted by Gasteiger charge is 2.38. The molecule has 0 atom stereocenters. The van der Waals surface area contributed by atoms with Crippen LogP contribution in [-0.4, -0.2) is 42.9 Å². The van der Waals surface area contributed by atoms with Gasteiger partial charge in [0.25, 0.3) is 5.91 Å². The minimum absolute atomic E-state index is 0.105. The van der Waals surface area contributed by atoms with Crippen LogP contribution in [0.1, 0.15) is 42.6 Å². The van der Waals surface area contributed by atoms with Crippen LogP contribution in [0.2, 0.25) is 0 Å². The van der Waals surface area contributed by atoms with Crippen molar-refractivity contribution >= 4 is 47.1 Å². The standard InChI is InChI=1S/C31H29N3O8/c1-4-40-30(38)20-11-13-21(14-12-20)33-28(36)27(35)32-18-24-16-15-23(42-24)17-25-26(31(39)41-5-2)19(3)34(29(25)37)22-9-7-6-8-10-22/h6-17H,4-5,18H2,1-3H3,(H,32,35)(H,33,36)/b25-17+. The van der Waals surface area contributed by atoms with Gasteiger partial charge in [0, 0.05) is 17.1 Å². The number of nitrogens with one attached hydrogen (secondary N) is 2. The second-order valence-electron chi connectivity index (χ2n) is 8.95. The van der Waals surface area contributed by atoms with Crippen molar-refractivity contribution in [1.29, 1.82) is 0 Å². The molecular weight excluding hydrogens is 542 g/mol. The summed E-state index contributed by atoms with van der Waals surface area (Å²) < 4.78 is 15.9. The van der Waals surface area contributed by atoms with Crippen molar-refractivity contribution in [2.75, 3.05) is 23.4 Å². The predicted octanol–water partition coefficient (Wildman–Crippen LogP) is 3.98. The Kier molecular flexibility index (Phi) is 9.33. The number of furan rings is 1. The number of hydrogen-bond donors (Lipinski definition) is 2. The third kappa shape index (κ3) is 6.64. The van der Waals surface area contributed by atoms with Crippen LogP contribution in [0.5, 0.6) is 0 Å². The number of para-hydroxylation sites is 1. The van der Waals surface area contributed by atoms with E-state index in [-0.39, 0.29) is 36.7 Å². The van der Waals surface area contributed by atoms with Gasteiger partial charge in [-0.2, -0.15) is 0 Å². The SMILES string of the molecule is CCOC(=O)C1=C(C)N(c2ccccc2)C(=O)/C1=C/c1ccc(CNC(=O)C(=O)Nc2ccc(C(=O)OCC)cc2)o1. The summed E-state index contributed by atoms with van der Waals surface area (Å²) in [5, 5.41) is 4.91. The van der Waals surface area contributed by atoms with Gasteiger partial charge in [0.05, 0.1) is 36.5 Å². The molecule has 3 amide bonds. The Morgan fingerprint density at radius 2 is 1.52 bits per heavy atom. The zero-order valence-electron chi connectivity index (χ0n) is 23.3. The molecule has 0 spiro atoms. The van der Waals surface area contributed by atoms with Crippen LogP contribution >= 0.6 is 0 Å². The first-order valence-electron chi connectivity index (χ1n) is 13.2. The van der Waals surface area contributed by atoms with E-state index in [9.17, 15) is 24.0 Å². The van der Waals surface area contributed by atoms with E-state index in [1.54, 1.807) is 57.2 Å². The van der Waals surface area contributed by atoms with Crippen molar-refractivity contribution in [3.63, 3.8) is 0 Å². The highest BCUT2D eigenvalue weighted by Crippen LogP contribution is 2.35. The average Bonchev–Trinajstić information content (AvgIpc) is 3.53. The van der Waals surface area contributed by atoms with Gasteiger partial charge in [-0.1, -0.05) is 18.2 Å². The lowest BCUT2D eigenvalue weighted by molar-refractivity contribution is -0.138. The fraction of sp³-hybridized carbons (Fsp3) is 0.194. The van der Waals surface area contributed by atoms with E-state index < -0.39 is 29.7 Å². The number of allylic oxidation sites excluding steroid dienone is 1. The molecular formula is C31H29N3O8. The third-order valence-corrected chi connectivity index (χ3v) is 6.15. The molecule has 0 fully saturated rings. The maximum Gasteiger partial charge on any atom is 0.340 e. The maximum absolute atomic E-state index is 13.4. The maximum atomic E-state index is 13.4. The third-order valence-electron chi connectivity index (χ3n) is 6.15. The summed E-state index contributed by atoms with van der Waals surface area (Å²) in [5.74, 6) is -2.79. The summed E-state index contributed by atoms with van der Waals surface area (Å²) in [4.78, 5) is 64.0. The van der Waals surface area contributed by atoms with E-state index in [2.05, 4.69) is 10.6 Å². The molecule has 0 radical (unpaired) electrons. The monoisotopic (exact) mass is 571 g/mol. The number of esters is 2. The molecule has 0 saturated heterocycles. The molecule has 0 aliphatic carbocycles. The fourth-order valence-electron chi connectivity index (χ4n) is 4.22. The first-order chi connectivity index (χ1) is 20.2. The number of anilines is 2. The first-order valence-corrected chi connectivity index (χ1v) is 13.2. The molecule has 2 aromatic carbocycles. The van der Waals surface area contributed by atoms with Crippen LogP contribution in [0, 0.1) is 0 Å². The molecule has 1 aliphatic heterocycles. The largest absolute Gasteiger partial charge is 0.462 e. The number of nitrogens with zero attached hydrogens (tertiary/aromatic N) is 1. The van der Waals surface area contributed by atoms with Crippen LogP contribution in [-0.2, 0) is 35.2 Å². The molecule has 2 N–H and O–H groups in total. The summed E-state index contributed by atoms with van der Waals surface area (Å²) >= 11 is 0. The van der Waals surface area contributed by atoms with E-state index in [1.165, 1.54) is 35.2 Å². The van der Waals surface area contributed by atoms with Crippen molar-refractivity contribution in [2.24, 2.45) is 0 Å².